The van der Waals surface area contributed by atoms with Gasteiger partial charge in [-0.05, 0) is 31.9 Å². The topological polar surface area (TPSA) is 26.0 Å². The Balaban J connectivity index is 2.80. The first-order valence-electron chi connectivity index (χ1n) is 3.92. The number of nitrogens with zero attached hydrogens (tertiary/aromatic N) is 2. The molecule has 0 aliphatic heterocycles. The fourth-order valence-corrected chi connectivity index (χ4v) is 2.08. The average molecular weight is 319 g/mol. The smallest absolute Gasteiger partial charge is 0.231 e. The van der Waals surface area contributed by atoms with Crippen LogP contribution in [-0.2, 0) is 0 Å². The zero-order valence-electron chi connectivity index (χ0n) is 7.37. The standard InChI is InChI=1S/C9H7Br2N2O/c1-14-13-3-2-6-7(5-13)8(10)4-12-9(6)11/h2-5H,1H3/q+1. The fourth-order valence-electron chi connectivity index (χ4n) is 1.21. The lowest BCUT2D eigenvalue weighted by Crippen LogP contribution is -2.39. The molecule has 0 saturated carbocycles. The van der Waals surface area contributed by atoms with Gasteiger partial charge in [0.2, 0.25) is 12.4 Å². The highest BCUT2D eigenvalue weighted by atomic mass is 79.9. The third kappa shape index (κ3) is 1.62. The maximum Gasteiger partial charge on any atom is 0.231 e. The van der Waals surface area contributed by atoms with Crippen LogP contribution in [0.4, 0.5) is 0 Å². The first-order valence-corrected chi connectivity index (χ1v) is 5.50. The van der Waals surface area contributed by atoms with E-state index in [2.05, 4.69) is 36.8 Å². The Hall–Kier alpha value is -0.680. The van der Waals surface area contributed by atoms with E-state index in [0.717, 1.165) is 19.8 Å². The normalized spacial score (nSPS) is 10.5. The Labute approximate surface area is 97.9 Å². The van der Waals surface area contributed by atoms with Crippen LogP contribution in [0, 0.1) is 0 Å². The number of rotatable bonds is 1. The van der Waals surface area contributed by atoms with Crippen LogP contribution in [0.15, 0.2) is 33.7 Å². The van der Waals surface area contributed by atoms with Crippen LogP contribution in [-0.4, -0.2) is 12.1 Å². The molecule has 0 N–H and O–H groups in total. The molecule has 5 heteroatoms. The summed E-state index contributed by atoms with van der Waals surface area (Å²) in [6.45, 7) is 0. The highest BCUT2D eigenvalue weighted by molar-refractivity contribution is 9.11. The largest absolute Gasteiger partial charge is 0.275 e. The number of fused-ring (bicyclic) bond motifs is 1. The number of halogens is 2. The molecular formula is C9H7Br2N2O+. The number of aromatic nitrogens is 2. The van der Waals surface area contributed by atoms with Crippen molar-refractivity contribution in [3.63, 3.8) is 0 Å². The van der Waals surface area contributed by atoms with Crippen molar-refractivity contribution in [3.8, 4) is 0 Å². The Bertz CT molecular complexity index is 487. The third-order valence-electron chi connectivity index (χ3n) is 1.92. The van der Waals surface area contributed by atoms with Crippen LogP contribution in [0.25, 0.3) is 10.8 Å². The molecule has 0 bridgehead atoms. The van der Waals surface area contributed by atoms with Gasteiger partial charge < -0.3 is 0 Å². The van der Waals surface area contributed by atoms with E-state index in [1.165, 1.54) is 0 Å². The second-order valence-corrected chi connectivity index (χ2v) is 4.32. The molecule has 0 amide bonds. The summed E-state index contributed by atoms with van der Waals surface area (Å²) in [5.41, 5.74) is 0. The van der Waals surface area contributed by atoms with Gasteiger partial charge in [-0.25, -0.2) is 4.98 Å². The number of hydrogen-bond donors (Lipinski definition) is 0. The summed E-state index contributed by atoms with van der Waals surface area (Å²) < 4.78 is 3.42. The minimum absolute atomic E-state index is 0.832. The lowest BCUT2D eigenvalue weighted by Gasteiger charge is -1.99. The van der Waals surface area contributed by atoms with Crippen molar-refractivity contribution in [2.75, 3.05) is 7.11 Å². The average Bonchev–Trinajstić information content (AvgIpc) is 2.23. The predicted octanol–water partition coefficient (Wildman–Crippen LogP) is 2.11. The quantitative estimate of drug-likeness (QED) is 0.594. The van der Waals surface area contributed by atoms with E-state index in [4.69, 9.17) is 4.84 Å². The SMILES string of the molecule is CO[n+]1ccc2c(Br)ncc(Br)c2c1. The van der Waals surface area contributed by atoms with Crippen molar-refractivity contribution in [1.29, 1.82) is 0 Å². The van der Waals surface area contributed by atoms with Crippen molar-refractivity contribution in [1.82, 2.24) is 4.98 Å². The molecule has 0 aliphatic rings. The van der Waals surface area contributed by atoms with Crippen molar-refractivity contribution in [2.24, 2.45) is 0 Å². The van der Waals surface area contributed by atoms with Crippen molar-refractivity contribution in [3.05, 3.63) is 33.7 Å². The lowest BCUT2D eigenvalue weighted by atomic mass is 10.2. The summed E-state index contributed by atoms with van der Waals surface area (Å²) in [7, 11) is 1.62. The summed E-state index contributed by atoms with van der Waals surface area (Å²) in [5.74, 6) is 0. The highest BCUT2D eigenvalue weighted by Crippen LogP contribution is 2.26. The van der Waals surface area contributed by atoms with Gasteiger partial charge >= 0.3 is 0 Å². The summed E-state index contributed by atoms with van der Waals surface area (Å²) in [6.07, 6.45) is 5.49. The number of hydrogen-bond acceptors (Lipinski definition) is 2. The molecule has 2 aromatic rings. The maximum atomic E-state index is 5.08. The van der Waals surface area contributed by atoms with Crippen LogP contribution in [0.3, 0.4) is 0 Å². The van der Waals surface area contributed by atoms with Gasteiger partial charge in [0.25, 0.3) is 0 Å². The second-order valence-electron chi connectivity index (χ2n) is 2.71. The molecular weight excluding hydrogens is 312 g/mol. The molecule has 0 aromatic carbocycles. The monoisotopic (exact) mass is 317 g/mol. The molecule has 0 fully saturated rings. The lowest BCUT2D eigenvalue weighted by molar-refractivity contribution is -0.884. The van der Waals surface area contributed by atoms with Crippen LogP contribution in [0.1, 0.15) is 0 Å². The van der Waals surface area contributed by atoms with Crippen LogP contribution in [0.2, 0.25) is 0 Å². The molecule has 0 spiro atoms. The van der Waals surface area contributed by atoms with Gasteiger partial charge in [-0.2, -0.15) is 0 Å². The first-order chi connectivity index (χ1) is 6.72. The van der Waals surface area contributed by atoms with Crippen LogP contribution in [0.5, 0.6) is 0 Å². The molecule has 2 aromatic heterocycles. The van der Waals surface area contributed by atoms with E-state index in [1.54, 1.807) is 18.0 Å². The van der Waals surface area contributed by atoms with Gasteiger partial charge in [0.1, 0.15) is 11.7 Å². The highest BCUT2D eigenvalue weighted by Gasteiger charge is 2.09. The summed E-state index contributed by atoms with van der Waals surface area (Å²) in [5, 5.41) is 2.10. The van der Waals surface area contributed by atoms with Gasteiger partial charge in [0.05, 0.1) is 5.39 Å². The Morgan fingerprint density at radius 2 is 2.14 bits per heavy atom. The molecule has 0 atom stereocenters. The molecule has 72 valence electrons. The van der Waals surface area contributed by atoms with Gasteiger partial charge in [-0.3, -0.25) is 4.84 Å². The van der Waals surface area contributed by atoms with Crippen molar-refractivity contribution >= 4 is 42.6 Å². The van der Waals surface area contributed by atoms with E-state index in [1.807, 2.05) is 18.5 Å². The van der Waals surface area contributed by atoms with E-state index in [9.17, 15) is 0 Å². The van der Waals surface area contributed by atoms with Gasteiger partial charge in [-0.15, -0.1) is 0 Å². The van der Waals surface area contributed by atoms with Gasteiger partial charge in [0, 0.05) is 26.9 Å². The Morgan fingerprint density at radius 1 is 1.36 bits per heavy atom. The molecule has 0 aliphatic carbocycles. The van der Waals surface area contributed by atoms with Crippen LogP contribution < -0.4 is 9.57 Å². The fraction of sp³-hybridized carbons (Fsp3) is 0.111. The van der Waals surface area contributed by atoms with Crippen molar-refractivity contribution < 1.29 is 9.57 Å². The van der Waals surface area contributed by atoms with E-state index >= 15 is 0 Å². The van der Waals surface area contributed by atoms with Crippen molar-refractivity contribution in [2.45, 2.75) is 0 Å². The van der Waals surface area contributed by atoms with Crippen LogP contribution >= 0.6 is 31.9 Å². The number of pyridine rings is 2. The first kappa shape index (κ1) is 9.86. The molecule has 3 nitrogen and oxygen atoms in total. The molecule has 0 unspecified atom stereocenters. The second kappa shape index (κ2) is 3.82. The minimum atomic E-state index is 0.832. The molecule has 14 heavy (non-hydrogen) atoms. The minimum Gasteiger partial charge on any atom is -0.275 e. The van der Waals surface area contributed by atoms with E-state index in [-0.39, 0.29) is 0 Å². The van der Waals surface area contributed by atoms with Gasteiger partial charge in [-0.1, -0.05) is 0 Å². The zero-order valence-corrected chi connectivity index (χ0v) is 10.5. The van der Waals surface area contributed by atoms with Gasteiger partial charge in [0.15, 0.2) is 0 Å². The molecule has 0 saturated heterocycles. The molecule has 2 heterocycles. The summed E-state index contributed by atoms with van der Waals surface area (Å²) in [4.78, 5) is 9.26. The maximum absolute atomic E-state index is 5.08. The Kier molecular flexibility index (Phi) is 2.69. The van der Waals surface area contributed by atoms with E-state index < -0.39 is 0 Å². The molecule has 2 rings (SSSR count). The zero-order chi connectivity index (χ0) is 10.1. The Morgan fingerprint density at radius 3 is 2.86 bits per heavy atom. The van der Waals surface area contributed by atoms with E-state index in [0.29, 0.717) is 0 Å². The summed E-state index contributed by atoms with van der Waals surface area (Å²) >= 11 is 6.84. The predicted molar refractivity (Wildman–Crippen MR) is 59.8 cm³/mol. The summed E-state index contributed by atoms with van der Waals surface area (Å²) in [6, 6.07) is 1.95. The third-order valence-corrected chi connectivity index (χ3v) is 3.18. The molecule has 0 radical (unpaired) electrons.